The van der Waals surface area contributed by atoms with Gasteiger partial charge in [-0.05, 0) is 24.3 Å². The Morgan fingerprint density at radius 3 is 2.78 bits per heavy atom. The summed E-state index contributed by atoms with van der Waals surface area (Å²) in [5, 5.41) is 8.13. The van der Waals surface area contributed by atoms with Crippen molar-refractivity contribution in [2.75, 3.05) is 7.11 Å². The highest BCUT2D eigenvalue weighted by Gasteiger charge is 2.10. The molecule has 0 saturated carbocycles. The quantitative estimate of drug-likeness (QED) is 0.748. The smallest absolute Gasteiger partial charge is 0.165 e. The second-order valence-corrected chi connectivity index (χ2v) is 3.97. The highest BCUT2D eigenvalue weighted by atomic mass is 19.1. The van der Waals surface area contributed by atoms with E-state index < -0.39 is 0 Å². The number of aromatic amines is 1. The summed E-state index contributed by atoms with van der Waals surface area (Å²) in [6.45, 7) is 0. The van der Waals surface area contributed by atoms with Crippen LogP contribution in [0.15, 0.2) is 42.5 Å². The average Bonchev–Trinajstić information content (AvgIpc) is 2.82. The molecule has 18 heavy (non-hydrogen) atoms. The van der Waals surface area contributed by atoms with Crippen molar-refractivity contribution in [3.63, 3.8) is 0 Å². The van der Waals surface area contributed by atoms with Gasteiger partial charge in [0.15, 0.2) is 11.6 Å². The fourth-order valence-corrected chi connectivity index (χ4v) is 2.00. The maximum Gasteiger partial charge on any atom is 0.165 e. The lowest BCUT2D eigenvalue weighted by Gasteiger charge is -2.03. The van der Waals surface area contributed by atoms with Crippen molar-refractivity contribution in [1.82, 2.24) is 10.2 Å². The molecule has 1 heterocycles. The van der Waals surface area contributed by atoms with Gasteiger partial charge in [0.2, 0.25) is 0 Å². The van der Waals surface area contributed by atoms with Crippen LogP contribution in [-0.2, 0) is 0 Å². The summed E-state index contributed by atoms with van der Waals surface area (Å²) >= 11 is 0. The molecule has 0 saturated heterocycles. The Bertz CT molecular complexity index is 706. The second kappa shape index (κ2) is 4.14. The van der Waals surface area contributed by atoms with Crippen molar-refractivity contribution in [3.8, 4) is 17.0 Å². The first-order valence-electron chi connectivity index (χ1n) is 5.56. The molecular weight excluding hydrogens is 231 g/mol. The molecule has 0 aliphatic heterocycles. The number of ether oxygens (including phenoxy) is 1. The van der Waals surface area contributed by atoms with Gasteiger partial charge in [0.25, 0.3) is 0 Å². The van der Waals surface area contributed by atoms with E-state index in [0.29, 0.717) is 0 Å². The van der Waals surface area contributed by atoms with E-state index in [9.17, 15) is 4.39 Å². The number of aromatic nitrogens is 2. The van der Waals surface area contributed by atoms with Crippen LogP contribution in [0.2, 0.25) is 0 Å². The molecule has 3 rings (SSSR count). The van der Waals surface area contributed by atoms with Crippen molar-refractivity contribution in [2.45, 2.75) is 0 Å². The first-order valence-corrected chi connectivity index (χ1v) is 5.56. The van der Waals surface area contributed by atoms with E-state index in [0.717, 1.165) is 22.2 Å². The van der Waals surface area contributed by atoms with E-state index in [1.165, 1.54) is 13.2 Å². The van der Waals surface area contributed by atoms with E-state index in [1.54, 1.807) is 12.1 Å². The summed E-state index contributed by atoms with van der Waals surface area (Å²) in [7, 11) is 1.45. The minimum absolute atomic E-state index is 0.235. The van der Waals surface area contributed by atoms with Crippen LogP contribution in [0.3, 0.4) is 0 Å². The standard InChI is InChI=1S/C14H11FN2O/c1-18-13-7-6-9(8-11(13)15)14-10-4-2-3-5-12(10)16-17-14/h2-8H,1H3,(H,16,17). The molecule has 0 fully saturated rings. The van der Waals surface area contributed by atoms with E-state index in [4.69, 9.17) is 4.74 Å². The van der Waals surface area contributed by atoms with Crippen molar-refractivity contribution < 1.29 is 9.13 Å². The van der Waals surface area contributed by atoms with E-state index in [1.807, 2.05) is 24.3 Å². The largest absolute Gasteiger partial charge is 0.494 e. The maximum atomic E-state index is 13.7. The van der Waals surface area contributed by atoms with Crippen LogP contribution in [0.25, 0.3) is 22.2 Å². The molecule has 0 bridgehead atoms. The lowest BCUT2D eigenvalue weighted by atomic mass is 10.1. The lowest BCUT2D eigenvalue weighted by molar-refractivity contribution is 0.386. The van der Waals surface area contributed by atoms with Crippen molar-refractivity contribution in [3.05, 3.63) is 48.3 Å². The molecule has 1 aromatic heterocycles. The van der Waals surface area contributed by atoms with Gasteiger partial charge in [-0.15, -0.1) is 0 Å². The Balaban J connectivity index is 2.17. The minimum Gasteiger partial charge on any atom is -0.494 e. The van der Waals surface area contributed by atoms with Gasteiger partial charge in [-0.2, -0.15) is 5.10 Å². The number of hydrogen-bond acceptors (Lipinski definition) is 2. The fourth-order valence-electron chi connectivity index (χ4n) is 2.00. The third-order valence-corrected chi connectivity index (χ3v) is 2.90. The number of fused-ring (bicyclic) bond motifs is 1. The zero-order valence-electron chi connectivity index (χ0n) is 9.77. The zero-order valence-corrected chi connectivity index (χ0v) is 9.77. The predicted molar refractivity (Wildman–Crippen MR) is 68.0 cm³/mol. The molecule has 4 heteroatoms. The van der Waals surface area contributed by atoms with Gasteiger partial charge in [0.05, 0.1) is 12.6 Å². The number of benzene rings is 2. The molecular formula is C14H11FN2O. The van der Waals surface area contributed by atoms with Gasteiger partial charge in [0, 0.05) is 10.9 Å². The normalized spacial score (nSPS) is 10.8. The van der Waals surface area contributed by atoms with Crippen LogP contribution < -0.4 is 4.74 Å². The van der Waals surface area contributed by atoms with Crippen molar-refractivity contribution in [1.29, 1.82) is 0 Å². The fraction of sp³-hybridized carbons (Fsp3) is 0.0714. The van der Waals surface area contributed by atoms with Crippen LogP contribution in [0.4, 0.5) is 4.39 Å². The molecule has 2 aromatic carbocycles. The number of methoxy groups -OCH3 is 1. The van der Waals surface area contributed by atoms with Crippen LogP contribution in [0, 0.1) is 5.82 Å². The molecule has 0 spiro atoms. The summed E-state index contributed by atoms with van der Waals surface area (Å²) in [5.74, 6) is -0.152. The number of halogens is 1. The first-order chi connectivity index (χ1) is 8.79. The van der Waals surface area contributed by atoms with Gasteiger partial charge in [-0.25, -0.2) is 4.39 Å². The maximum absolute atomic E-state index is 13.7. The highest BCUT2D eigenvalue weighted by Crippen LogP contribution is 2.29. The van der Waals surface area contributed by atoms with Gasteiger partial charge in [-0.1, -0.05) is 18.2 Å². The zero-order chi connectivity index (χ0) is 12.5. The Hall–Kier alpha value is -2.36. The molecule has 0 aliphatic rings. The highest BCUT2D eigenvalue weighted by molar-refractivity contribution is 5.92. The molecule has 0 amide bonds. The first kappa shape index (κ1) is 10.8. The van der Waals surface area contributed by atoms with Crippen LogP contribution in [0.1, 0.15) is 0 Å². The summed E-state index contributed by atoms with van der Waals surface area (Å²) in [4.78, 5) is 0. The van der Waals surface area contributed by atoms with E-state index in [-0.39, 0.29) is 11.6 Å². The number of rotatable bonds is 2. The number of para-hydroxylation sites is 1. The number of nitrogens with zero attached hydrogens (tertiary/aromatic N) is 1. The molecule has 0 atom stereocenters. The van der Waals surface area contributed by atoms with Gasteiger partial charge < -0.3 is 4.74 Å². The summed E-state index contributed by atoms with van der Waals surface area (Å²) in [5.41, 5.74) is 2.40. The molecule has 0 aliphatic carbocycles. The summed E-state index contributed by atoms with van der Waals surface area (Å²) in [6.07, 6.45) is 0. The molecule has 1 N–H and O–H groups in total. The van der Waals surface area contributed by atoms with Crippen molar-refractivity contribution in [2.24, 2.45) is 0 Å². The summed E-state index contributed by atoms with van der Waals surface area (Å²) in [6, 6.07) is 12.6. The van der Waals surface area contributed by atoms with Crippen LogP contribution in [0.5, 0.6) is 5.75 Å². The molecule has 90 valence electrons. The predicted octanol–water partition coefficient (Wildman–Crippen LogP) is 3.38. The monoisotopic (exact) mass is 242 g/mol. The van der Waals surface area contributed by atoms with E-state index >= 15 is 0 Å². The number of hydrogen-bond donors (Lipinski definition) is 1. The van der Waals surface area contributed by atoms with Gasteiger partial charge >= 0.3 is 0 Å². The van der Waals surface area contributed by atoms with Crippen LogP contribution >= 0.6 is 0 Å². The van der Waals surface area contributed by atoms with Gasteiger partial charge in [0.1, 0.15) is 5.69 Å². The summed E-state index contributed by atoms with van der Waals surface area (Å²) < 4.78 is 18.6. The third kappa shape index (κ3) is 1.62. The lowest BCUT2D eigenvalue weighted by Crippen LogP contribution is -1.88. The Morgan fingerprint density at radius 2 is 2.00 bits per heavy atom. The topological polar surface area (TPSA) is 37.9 Å². The van der Waals surface area contributed by atoms with Gasteiger partial charge in [-0.3, -0.25) is 5.10 Å². The molecule has 0 radical (unpaired) electrons. The molecule has 0 unspecified atom stereocenters. The molecule has 3 aromatic rings. The SMILES string of the molecule is COc1ccc(-c2n[nH]c3ccccc23)cc1F. The molecule has 3 nitrogen and oxygen atoms in total. The minimum atomic E-state index is -0.387. The number of nitrogens with one attached hydrogen (secondary N) is 1. The van der Waals surface area contributed by atoms with E-state index in [2.05, 4.69) is 10.2 Å². The average molecular weight is 242 g/mol. The Labute approximate surface area is 103 Å². The van der Waals surface area contributed by atoms with Crippen LogP contribution in [-0.4, -0.2) is 17.3 Å². The van der Waals surface area contributed by atoms with Crippen molar-refractivity contribution >= 4 is 10.9 Å². The third-order valence-electron chi connectivity index (χ3n) is 2.90. The Kier molecular flexibility index (Phi) is 2.48. The number of H-pyrrole nitrogens is 1. The Morgan fingerprint density at radius 1 is 1.17 bits per heavy atom. The second-order valence-electron chi connectivity index (χ2n) is 3.97.